The van der Waals surface area contributed by atoms with Crippen molar-refractivity contribution in [1.82, 2.24) is 4.90 Å². The van der Waals surface area contributed by atoms with Gasteiger partial charge in [-0.15, -0.1) is 6.58 Å². The van der Waals surface area contributed by atoms with E-state index in [1.807, 2.05) is 54.6 Å². The van der Waals surface area contributed by atoms with Gasteiger partial charge in [0.2, 0.25) is 0 Å². The van der Waals surface area contributed by atoms with E-state index in [1.165, 1.54) is 0 Å². The second kappa shape index (κ2) is 10.4. The standard InChI is InChI=1S/C23H27ClN2O2/c1-2-3-12-21(27)16-26(15-18-8-7-11-20(24)13-18)17-22-14-23(25-28-22)19-9-5-4-6-10-19/h2,4-11,13,21-22,27H,1,3,12,14-17H2/t21-,22-/m1/s1. The highest BCUT2D eigenvalue weighted by molar-refractivity contribution is 6.30. The van der Waals surface area contributed by atoms with Gasteiger partial charge in [-0.3, -0.25) is 4.90 Å². The van der Waals surface area contributed by atoms with Crippen molar-refractivity contribution in [2.24, 2.45) is 5.16 Å². The van der Waals surface area contributed by atoms with Crippen LogP contribution in [0, 0.1) is 0 Å². The zero-order chi connectivity index (χ0) is 19.8. The van der Waals surface area contributed by atoms with Crippen molar-refractivity contribution in [2.75, 3.05) is 13.1 Å². The Bertz CT molecular complexity index is 794. The van der Waals surface area contributed by atoms with E-state index in [0.29, 0.717) is 26.1 Å². The molecular weight excluding hydrogens is 372 g/mol. The fourth-order valence-electron chi connectivity index (χ4n) is 3.41. The first kappa shape index (κ1) is 20.6. The fourth-order valence-corrected chi connectivity index (χ4v) is 3.62. The van der Waals surface area contributed by atoms with E-state index in [-0.39, 0.29) is 6.10 Å². The van der Waals surface area contributed by atoms with Crippen LogP contribution in [0.25, 0.3) is 0 Å². The Morgan fingerprint density at radius 3 is 2.82 bits per heavy atom. The highest BCUT2D eigenvalue weighted by atomic mass is 35.5. The maximum absolute atomic E-state index is 10.4. The van der Waals surface area contributed by atoms with Crippen LogP contribution in [0.2, 0.25) is 5.02 Å². The Morgan fingerprint density at radius 2 is 2.07 bits per heavy atom. The van der Waals surface area contributed by atoms with Crippen molar-refractivity contribution < 1.29 is 9.94 Å². The number of halogens is 1. The van der Waals surface area contributed by atoms with E-state index in [0.717, 1.165) is 34.7 Å². The van der Waals surface area contributed by atoms with Gasteiger partial charge in [0.15, 0.2) is 0 Å². The summed E-state index contributed by atoms with van der Waals surface area (Å²) in [6.07, 6.45) is 3.66. The highest BCUT2D eigenvalue weighted by Gasteiger charge is 2.25. The molecule has 0 aromatic heterocycles. The van der Waals surface area contributed by atoms with Crippen molar-refractivity contribution in [3.8, 4) is 0 Å². The molecule has 1 heterocycles. The lowest BCUT2D eigenvalue weighted by Gasteiger charge is -2.27. The number of nitrogens with zero attached hydrogens (tertiary/aromatic N) is 2. The number of aliphatic hydroxyl groups is 1. The van der Waals surface area contributed by atoms with Crippen LogP contribution < -0.4 is 0 Å². The first-order valence-electron chi connectivity index (χ1n) is 9.68. The van der Waals surface area contributed by atoms with E-state index >= 15 is 0 Å². The SMILES string of the molecule is C=CCC[C@@H](O)CN(Cc1cccc(Cl)c1)C[C@H]1CC(c2ccccc2)=NO1. The van der Waals surface area contributed by atoms with Crippen LogP contribution in [0.5, 0.6) is 0 Å². The molecule has 2 aromatic carbocycles. The molecule has 4 nitrogen and oxygen atoms in total. The largest absolute Gasteiger partial charge is 0.392 e. The normalized spacial score (nSPS) is 17.2. The van der Waals surface area contributed by atoms with Gasteiger partial charge in [0, 0.05) is 31.1 Å². The minimum Gasteiger partial charge on any atom is -0.392 e. The summed E-state index contributed by atoms with van der Waals surface area (Å²) in [5, 5.41) is 15.4. The lowest BCUT2D eigenvalue weighted by molar-refractivity contribution is 0.0308. The molecule has 0 radical (unpaired) electrons. The first-order chi connectivity index (χ1) is 13.6. The van der Waals surface area contributed by atoms with Crippen LogP contribution >= 0.6 is 11.6 Å². The average Bonchev–Trinajstić information content (AvgIpc) is 3.15. The van der Waals surface area contributed by atoms with Crippen molar-refractivity contribution in [3.63, 3.8) is 0 Å². The van der Waals surface area contributed by atoms with Gasteiger partial charge in [0.25, 0.3) is 0 Å². The maximum atomic E-state index is 10.4. The van der Waals surface area contributed by atoms with Crippen LogP contribution in [0.15, 0.2) is 72.4 Å². The van der Waals surface area contributed by atoms with Gasteiger partial charge in [-0.1, -0.05) is 65.3 Å². The van der Waals surface area contributed by atoms with E-state index in [1.54, 1.807) is 0 Å². The summed E-state index contributed by atoms with van der Waals surface area (Å²) in [6.45, 7) is 5.70. The molecule has 2 aromatic rings. The molecule has 0 bridgehead atoms. The Morgan fingerprint density at radius 1 is 1.25 bits per heavy atom. The summed E-state index contributed by atoms with van der Waals surface area (Å²) in [7, 11) is 0. The topological polar surface area (TPSA) is 45.1 Å². The summed E-state index contributed by atoms with van der Waals surface area (Å²) >= 11 is 6.14. The number of benzene rings is 2. The van der Waals surface area contributed by atoms with Gasteiger partial charge in [0.1, 0.15) is 6.10 Å². The van der Waals surface area contributed by atoms with Crippen LogP contribution in [0.4, 0.5) is 0 Å². The monoisotopic (exact) mass is 398 g/mol. The van der Waals surface area contributed by atoms with Gasteiger partial charge < -0.3 is 9.94 Å². The minimum absolute atomic E-state index is 0.0269. The molecular formula is C23H27ClN2O2. The third-order valence-electron chi connectivity index (χ3n) is 4.77. The molecule has 148 valence electrons. The number of oxime groups is 1. The molecule has 28 heavy (non-hydrogen) atoms. The number of aliphatic hydroxyl groups excluding tert-OH is 1. The third-order valence-corrected chi connectivity index (χ3v) is 5.01. The molecule has 3 rings (SSSR count). The summed E-state index contributed by atoms with van der Waals surface area (Å²) in [5.41, 5.74) is 3.18. The van der Waals surface area contributed by atoms with Gasteiger partial charge in [-0.2, -0.15) is 0 Å². The average molecular weight is 399 g/mol. The minimum atomic E-state index is -0.409. The second-order valence-corrected chi connectivity index (χ2v) is 7.62. The van der Waals surface area contributed by atoms with Gasteiger partial charge in [-0.05, 0) is 36.1 Å². The van der Waals surface area contributed by atoms with E-state index in [2.05, 4.69) is 22.7 Å². The summed E-state index contributed by atoms with van der Waals surface area (Å²) in [6, 6.07) is 17.9. The third kappa shape index (κ3) is 6.20. The molecule has 2 atom stereocenters. The molecule has 1 N–H and O–H groups in total. The summed E-state index contributed by atoms with van der Waals surface area (Å²) in [5.74, 6) is 0. The second-order valence-electron chi connectivity index (χ2n) is 7.18. The number of rotatable bonds is 10. The molecule has 1 aliphatic heterocycles. The zero-order valence-corrected chi connectivity index (χ0v) is 16.8. The molecule has 0 amide bonds. The smallest absolute Gasteiger partial charge is 0.145 e. The van der Waals surface area contributed by atoms with Crippen molar-refractivity contribution >= 4 is 17.3 Å². The predicted molar refractivity (Wildman–Crippen MR) is 115 cm³/mol. The quantitative estimate of drug-likeness (QED) is 0.592. The molecule has 0 aliphatic carbocycles. The first-order valence-corrected chi connectivity index (χ1v) is 10.1. The van der Waals surface area contributed by atoms with Crippen molar-refractivity contribution in [1.29, 1.82) is 0 Å². The van der Waals surface area contributed by atoms with E-state index in [4.69, 9.17) is 16.4 Å². The van der Waals surface area contributed by atoms with Crippen LogP contribution in [0.3, 0.4) is 0 Å². The molecule has 1 aliphatic rings. The summed E-state index contributed by atoms with van der Waals surface area (Å²) < 4.78 is 0. The molecule has 0 fully saturated rings. The van der Waals surface area contributed by atoms with Gasteiger partial charge >= 0.3 is 0 Å². The molecule has 0 saturated carbocycles. The molecule has 5 heteroatoms. The Balaban J connectivity index is 1.62. The lowest BCUT2D eigenvalue weighted by atomic mass is 10.0. The van der Waals surface area contributed by atoms with Crippen LogP contribution in [0.1, 0.15) is 30.4 Å². The van der Waals surface area contributed by atoms with Crippen molar-refractivity contribution in [2.45, 2.75) is 38.0 Å². The summed E-state index contributed by atoms with van der Waals surface area (Å²) in [4.78, 5) is 7.91. The Labute approximate surface area is 172 Å². The maximum Gasteiger partial charge on any atom is 0.145 e. The van der Waals surface area contributed by atoms with E-state index < -0.39 is 6.10 Å². The van der Waals surface area contributed by atoms with E-state index in [9.17, 15) is 5.11 Å². The number of allylic oxidation sites excluding steroid dienone is 1. The van der Waals surface area contributed by atoms with Crippen LogP contribution in [-0.4, -0.2) is 41.0 Å². The Kier molecular flexibility index (Phi) is 7.66. The lowest BCUT2D eigenvalue weighted by Crippen LogP contribution is -2.37. The van der Waals surface area contributed by atoms with Gasteiger partial charge in [-0.25, -0.2) is 0 Å². The predicted octanol–water partition coefficient (Wildman–Crippen LogP) is 4.66. The molecule has 0 spiro atoms. The number of hydrogen-bond acceptors (Lipinski definition) is 4. The number of hydrogen-bond donors (Lipinski definition) is 1. The molecule has 0 unspecified atom stereocenters. The highest BCUT2D eigenvalue weighted by Crippen LogP contribution is 2.20. The Hall–Kier alpha value is -2.14. The van der Waals surface area contributed by atoms with Crippen molar-refractivity contribution in [3.05, 3.63) is 83.4 Å². The molecule has 0 saturated heterocycles. The fraction of sp³-hybridized carbons (Fsp3) is 0.348. The van der Waals surface area contributed by atoms with Crippen LogP contribution in [-0.2, 0) is 11.4 Å². The van der Waals surface area contributed by atoms with Gasteiger partial charge in [0.05, 0.1) is 11.8 Å². The zero-order valence-electron chi connectivity index (χ0n) is 16.0.